The van der Waals surface area contributed by atoms with E-state index in [9.17, 15) is 4.79 Å². The summed E-state index contributed by atoms with van der Waals surface area (Å²) in [5.74, 6) is -0.186. The summed E-state index contributed by atoms with van der Waals surface area (Å²) in [4.78, 5) is 11.5. The van der Waals surface area contributed by atoms with Gasteiger partial charge < -0.3 is 4.74 Å². The third kappa shape index (κ3) is 5.03. The molecular weight excluding hydrogens is 212 g/mol. The molecule has 0 aliphatic rings. The van der Waals surface area contributed by atoms with Crippen LogP contribution in [0.15, 0.2) is 30.3 Å². The van der Waals surface area contributed by atoms with Crippen LogP contribution in [0.5, 0.6) is 0 Å². The zero-order valence-corrected chi connectivity index (χ0v) is 11.2. The molecule has 1 aromatic carbocycles. The molecule has 0 radical (unpaired) electrons. The number of carbonyl (C=O) groups is 1. The molecule has 2 heteroatoms. The highest BCUT2D eigenvalue weighted by molar-refractivity contribution is 5.71. The van der Waals surface area contributed by atoms with Gasteiger partial charge >= 0.3 is 5.97 Å². The van der Waals surface area contributed by atoms with Crippen LogP contribution in [0.3, 0.4) is 0 Å². The molecule has 1 rings (SSSR count). The van der Waals surface area contributed by atoms with Gasteiger partial charge in [0.25, 0.3) is 0 Å². The minimum absolute atomic E-state index is 0.0639. The van der Waals surface area contributed by atoms with Gasteiger partial charge in [-0.05, 0) is 32.3 Å². The number of hydrogen-bond acceptors (Lipinski definition) is 2. The average Bonchev–Trinajstić information content (AvgIpc) is 2.27. The van der Waals surface area contributed by atoms with Crippen molar-refractivity contribution in [2.24, 2.45) is 5.92 Å². The summed E-state index contributed by atoms with van der Waals surface area (Å²) in [6.45, 7) is 7.65. The quantitative estimate of drug-likeness (QED) is 0.728. The minimum Gasteiger partial charge on any atom is -0.459 e. The third-order valence-corrected chi connectivity index (χ3v) is 2.71. The first-order chi connectivity index (χ1) is 7.91. The predicted molar refractivity (Wildman–Crippen MR) is 69.8 cm³/mol. The fourth-order valence-electron chi connectivity index (χ4n) is 1.53. The maximum Gasteiger partial charge on any atom is 0.308 e. The zero-order chi connectivity index (χ0) is 12.9. The number of esters is 1. The Kier molecular flexibility index (Phi) is 4.73. The number of hydrogen-bond donors (Lipinski definition) is 0. The number of benzene rings is 1. The van der Waals surface area contributed by atoms with E-state index in [-0.39, 0.29) is 11.9 Å². The van der Waals surface area contributed by atoms with Crippen LogP contribution in [0.1, 0.15) is 39.7 Å². The fraction of sp³-hybridized carbons (Fsp3) is 0.533. The van der Waals surface area contributed by atoms with Gasteiger partial charge in [-0.25, -0.2) is 0 Å². The van der Waals surface area contributed by atoms with Gasteiger partial charge in [-0.3, -0.25) is 4.79 Å². The van der Waals surface area contributed by atoms with Crippen molar-refractivity contribution in [1.82, 2.24) is 0 Å². The second-order valence-corrected chi connectivity index (χ2v) is 5.32. The lowest BCUT2D eigenvalue weighted by Crippen LogP contribution is -2.30. The van der Waals surface area contributed by atoms with Crippen LogP contribution in [-0.4, -0.2) is 11.6 Å². The summed E-state index contributed by atoms with van der Waals surface area (Å²) in [5.41, 5.74) is 0.887. The molecule has 2 nitrogen and oxygen atoms in total. The van der Waals surface area contributed by atoms with Gasteiger partial charge in [0.2, 0.25) is 0 Å². The predicted octanol–water partition coefficient (Wildman–Crippen LogP) is 3.60. The lowest BCUT2D eigenvalue weighted by Gasteiger charge is -2.26. The second kappa shape index (κ2) is 5.85. The molecule has 0 amide bonds. The standard InChI is InChI=1S/C15H22O2/c1-12(2)14(16)17-15(3,4)11-10-13-8-6-5-7-9-13/h5-9,12H,10-11H2,1-4H3. The van der Waals surface area contributed by atoms with Gasteiger partial charge in [0.1, 0.15) is 5.60 Å². The Morgan fingerprint density at radius 3 is 2.35 bits per heavy atom. The van der Waals surface area contributed by atoms with Crippen molar-refractivity contribution in [3.63, 3.8) is 0 Å². The van der Waals surface area contributed by atoms with Crippen molar-refractivity contribution >= 4 is 5.97 Å². The van der Waals surface area contributed by atoms with Crippen LogP contribution in [0.2, 0.25) is 0 Å². The Morgan fingerprint density at radius 1 is 1.24 bits per heavy atom. The van der Waals surface area contributed by atoms with E-state index in [2.05, 4.69) is 12.1 Å². The highest BCUT2D eigenvalue weighted by atomic mass is 16.6. The van der Waals surface area contributed by atoms with Crippen LogP contribution in [0, 0.1) is 5.92 Å². The Hall–Kier alpha value is -1.31. The lowest BCUT2D eigenvalue weighted by atomic mass is 9.98. The van der Waals surface area contributed by atoms with Gasteiger partial charge in [-0.15, -0.1) is 0 Å². The van der Waals surface area contributed by atoms with E-state index in [1.807, 2.05) is 45.9 Å². The van der Waals surface area contributed by atoms with E-state index in [1.165, 1.54) is 5.56 Å². The van der Waals surface area contributed by atoms with Crippen molar-refractivity contribution in [1.29, 1.82) is 0 Å². The number of rotatable bonds is 5. The van der Waals surface area contributed by atoms with Crippen molar-refractivity contribution in [3.05, 3.63) is 35.9 Å². The van der Waals surface area contributed by atoms with Crippen LogP contribution in [0.4, 0.5) is 0 Å². The molecule has 0 aliphatic heterocycles. The van der Waals surface area contributed by atoms with Gasteiger partial charge in [-0.1, -0.05) is 44.2 Å². The third-order valence-electron chi connectivity index (χ3n) is 2.71. The van der Waals surface area contributed by atoms with Crippen LogP contribution in [-0.2, 0) is 16.0 Å². The molecule has 0 heterocycles. The molecule has 0 saturated heterocycles. The molecule has 0 fully saturated rings. The Morgan fingerprint density at radius 2 is 1.82 bits per heavy atom. The lowest BCUT2D eigenvalue weighted by molar-refractivity contribution is -0.160. The van der Waals surface area contributed by atoms with Crippen molar-refractivity contribution < 1.29 is 9.53 Å². The molecule has 0 spiro atoms. The SMILES string of the molecule is CC(C)C(=O)OC(C)(C)CCc1ccccc1. The van der Waals surface area contributed by atoms with Crippen molar-refractivity contribution in [3.8, 4) is 0 Å². The van der Waals surface area contributed by atoms with Gasteiger partial charge in [0, 0.05) is 0 Å². The van der Waals surface area contributed by atoms with E-state index >= 15 is 0 Å². The zero-order valence-electron chi connectivity index (χ0n) is 11.2. The molecule has 0 atom stereocenters. The van der Waals surface area contributed by atoms with Gasteiger partial charge in [-0.2, -0.15) is 0 Å². The fourth-order valence-corrected chi connectivity index (χ4v) is 1.53. The monoisotopic (exact) mass is 234 g/mol. The van der Waals surface area contributed by atoms with Crippen LogP contribution in [0.25, 0.3) is 0 Å². The van der Waals surface area contributed by atoms with E-state index < -0.39 is 5.60 Å². The average molecular weight is 234 g/mol. The molecular formula is C15H22O2. The molecule has 0 N–H and O–H groups in total. The number of ether oxygens (including phenoxy) is 1. The maximum absolute atomic E-state index is 11.5. The molecule has 0 aromatic heterocycles. The first-order valence-corrected chi connectivity index (χ1v) is 6.17. The summed E-state index contributed by atoms with van der Waals surface area (Å²) in [7, 11) is 0. The molecule has 0 bridgehead atoms. The number of aryl methyl sites for hydroxylation is 1. The van der Waals surface area contributed by atoms with E-state index in [1.54, 1.807) is 0 Å². The Balaban J connectivity index is 2.47. The smallest absolute Gasteiger partial charge is 0.308 e. The largest absolute Gasteiger partial charge is 0.459 e. The van der Waals surface area contributed by atoms with Gasteiger partial charge in [0.15, 0.2) is 0 Å². The van der Waals surface area contributed by atoms with Crippen molar-refractivity contribution in [2.75, 3.05) is 0 Å². The highest BCUT2D eigenvalue weighted by Crippen LogP contribution is 2.19. The van der Waals surface area contributed by atoms with E-state index in [4.69, 9.17) is 4.74 Å². The maximum atomic E-state index is 11.5. The normalized spacial score (nSPS) is 11.6. The number of carbonyl (C=O) groups excluding carboxylic acids is 1. The van der Waals surface area contributed by atoms with E-state index in [0.29, 0.717) is 0 Å². The Bertz CT molecular complexity index is 352. The molecule has 0 unspecified atom stereocenters. The summed E-state index contributed by atoms with van der Waals surface area (Å²) in [6, 6.07) is 10.3. The summed E-state index contributed by atoms with van der Waals surface area (Å²) in [6.07, 6.45) is 1.77. The molecule has 17 heavy (non-hydrogen) atoms. The van der Waals surface area contributed by atoms with Crippen molar-refractivity contribution in [2.45, 2.75) is 46.1 Å². The topological polar surface area (TPSA) is 26.3 Å². The summed E-state index contributed by atoms with van der Waals surface area (Å²) in [5, 5.41) is 0. The highest BCUT2D eigenvalue weighted by Gasteiger charge is 2.23. The first kappa shape index (κ1) is 13.8. The van der Waals surface area contributed by atoms with Gasteiger partial charge in [0.05, 0.1) is 5.92 Å². The molecule has 0 aliphatic carbocycles. The summed E-state index contributed by atoms with van der Waals surface area (Å²) >= 11 is 0. The molecule has 0 saturated carbocycles. The molecule has 1 aromatic rings. The molecule has 94 valence electrons. The van der Waals surface area contributed by atoms with E-state index in [0.717, 1.165) is 12.8 Å². The Labute approximate surface area is 104 Å². The first-order valence-electron chi connectivity index (χ1n) is 6.17. The van der Waals surface area contributed by atoms with Crippen LogP contribution < -0.4 is 0 Å². The van der Waals surface area contributed by atoms with Crippen LogP contribution >= 0.6 is 0 Å². The summed E-state index contributed by atoms with van der Waals surface area (Å²) < 4.78 is 5.48. The minimum atomic E-state index is -0.392. The second-order valence-electron chi connectivity index (χ2n) is 5.32.